The molecule has 0 aromatic rings. The highest BCUT2D eigenvalue weighted by molar-refractivity contribution is 7.91. The van der Waals surface area contributed by atoms with Gasteiger partial charge in [0.25, 0.3) is 0 Å². The molecule has 1 fully saturated rings. The molecule has 1 aliphatic heterocycles. The Hall–Kier alpha value is -1.51. The van der Waals surface area contributed by atoms with Crippen LogP contribution in [-0.4, -0.2) is 57.8 Å². The van der Waals surface area contributed by atoms with Gasteiger partial charge in [-0.25, -0.2) is 18.0 Å². The maximum atomic E-state index is 11.6. The van der Waals surface area contributed by atoms with Crippen LogP contribution in [0.3, 0.4) is 0 Å². The third-order valence-electron chi connectivity index (χ3n) is 3.50. The second kappa shape index (κ2) is 10.3. The summed E-state index contributed by atoms with van der Waals surface area (Å²) in [5, 5.41) is 8.06. The summed E-state index contributed by atoms with van der Waals surface area (Å²) in [6.07, 6.45) is 3.71. The fraction of sp³-hybridized carbons (Fsp3) is 0.857. The fourth-order valence-electron chi connectivity index (χ4n) is 2.32. The Morgan fingerprint density at radius 2 is 1.74 bits per heavy atom. The number of rotatable bonds is 9. The number of alkyl carbamates (subject to hydrolysis) is 1. The number of hydrogen-bond donors (Lipinski definition) is 3. The summed E-state index contributed by atoms with van der Waals surface area (Å²) < 4.78 is 27.3. The first-order valence-electron chi connectivity index (χ1n) is 8.08. The molecule has 1 heterocycles. The molecule has 1 rings (SSSR count). The summed E-state index contributed by atoms with van der Waals surface area (Å²) >= 11 is 0. The number of hydrogen-bond acceptors (Lipinski definition) is 5. The van der Waals surface area contributed by atoms with Crippen molar-refractivity contribution < 1.29 is 22.7 Å². The van der Waals surface area contributed by atoms with E-state index >= 15 is 0 Å². The van der Waals surface area contributed by atoms with Crippen molar-refractivity contribution in [2.45, 2.75) is 45.1 Å². The third-order valence-corrected chi connectivity index (χ3v) is 5.27. The van der Waals surface area contributed by atoms with E-state index in [1.54, 1.807) is 6.92 Å². The quantitative estimate of drug-likeness (QED) is 0.532. The molecule has 1 saturated heterocycles. The Morgan fingerprint density at radius 3 is 2.30 bits per heavy atom. The molecular formula is C14H27N3O5S. The van der Waals surface area contributed by atoms with E-state index in [2.05, 4.69) is 16.0 Å². The molecule has 1 aliphatic rings. The lowest BCUT2D eigenvalue weighted by Crippen LogP contribution is -2.42. The minimum Gasteiger partial charge on any atom is -0.450 e. The maximum Gasteiger partial charge on any atom is 0.407 e. The molecule has 0 aromatic carbocycles. The van der Waals surface area contributed by atoms with Gasteiger partial charge in [-0.2, -0.15) is 0 Å². The highest BCUT2D eigenvalue weighted by atomic mass is 32.2. The zero-order valence-electron chi connectivity index (χ0n) is 13.6. The first-order valence-corrected chi connectivity index (χ1v) is 9.90. The first kappa shape index (κ1) is 19.5. The van der Waals surface area contributed by atoms with E-state index in [1.165, 1.54) is 0 Å². The van der Waals surface area contributed by atoms with Crippen LogP contribution in [0.4, 0.5) is 9.59 Å². The average Bonchev–Trinajstić information content (AvgIpc) is 2.81. The Kier molecular flexibility index (Phi) is 8.75. The Labute approximate surface area is 137 Å². The van der Waals surface area contributed by atoms with Crippen LogP contribution in [0.5, 0.6) is 0 Å². The van der Waals surface area contributed by atoms with Crippen LogP contribution < -0.4 is 16.0 Å². The van der Waals surface area contributed by atoms with Gasteiger partial charge in [0.15, 0.2) is 9.84 Å². The molecule has 23 heavy (non-hydrogen) atoms. The SMILES string of the molecule is CCOC(=O)NCCCCCCNC(=O)NC1CCS(=O)(=O)C1. The molecule has 3 amide bonds. The van der Waals surface area contributed by atoms with Crippen molar-refractivity contribution in [2.75, 3.05) is 31.2 Å². The van der Waals surface area contributed by atoms with Crippen molar-refractivity contribution >= 4 is 22.0 Å². The fourth-order valence-corrected chi connectivity index (χ4v) is 4.00. The molecule has 0 aromatic heterocycles. The van der Waals surface area contributed by atoms with Crippen LogP contribution in [0.25, 0.3) is 0 Å². The summed E-state index contributed by atoms with van der Waals surface area (Å²) in [5.74, 6) is 0.186. The van der Waals surface area contributed by atoms with Crippen LogP contribution >= 0.6 is 0 Å². The summed E-state index contributed by atoms with van der Waals surface area (Å²) in [6, 6.07) is -0.579. The summed E-state index contributed by atoms with van der Waals surface area (Å²) in [7, 11) is -2.97. The van der Waals surface area contributed by atoms with E-state index in [0.29, 0.717) is 26.1 Å². The molecule has 9 heteroatoms. The highest BCUT2D eigenvalue weighted by Gasteiger charge is 2.28. The lowest BCUT2D eigenvalue weighted by atomic mass is 10.2. The molecule has 1 unspecified atom stereocenters. The number of amides is 3. The van der Waals surface area contributed by atoms with E-state index < -0.39 is 9.84 Å². The Balaban J connectivity index is 1.93. The molecule has 0 bridgehead atoms. The molecular weight excluding hydrogens is 322 g/mol. The molecule has 1 atom stereocenters. The number of carbonyl (C=O) groups excluding carboxylic acids is 2. The number of carbonyl (C=O) groups is 2. The smallest absolute Gasteiger partial charge is 0.407 e. The predicted molar refractivity (Wildman–Crippen MR) is 87.1 cm³/mol. The number of urea groups is 1. The number of ether oxygens (including phenoxy) is 1. The van der Waals surface area contributed by atoms with E-state index in [4.69, 9.17) is 4.74 Å². The second-order valence-electron chi connectivity index (χ2n) is 5.56. The first-order chi connectivity index (χ1) is 10.9. The molecule has 134 valence electrons. The Morgan fingerprint density at radius 1 is 1.09 bits per heavy atom. The topological polar surface area (TPSA) is 114 Å². The highest BCUT2D eigenvalue weighted by Crippen LogP contribution is 2.10. The molecule has 0 spiro atoms. The van der Waals surface area contributed by atoms with Crippen LogP contribution in [0.2, 0.25) is 0 Å². The normalized spacial score (nSPS) is 19.1. The standard InChI is InChI=1S/C14H27N3O5S/c1-2-22-14(19)16-9-6-4-3-5-8-15-13(18)17-12-7-10-23(20,21)11-12/h12H,2-11H2,1H3,(H,16,19)(H2,15,17,18). The van der Waals surface area contributed by atoms with Crippen molar-refractivity contribution in [1.29, 1.82) is 0 Å². The van der Waals surface area contributed by atoms with Crippen molar-refractivity contribution in [3.05, 3.63) is 0 Å². The largest absolute Gasteiger partial charge is 0.450 e. The van der Waals surface area contributed by atoms with Crippen LogP contribution in [0, 0.1) is 0 Å². The Bertz CT molecular complexity index is 481. The molecule has 8 nitrogen and oxygen atoms in total. The average molecular weight is 349 g/mol. The zero-order chi connectivity index (χ0) is 17.1. The van der Waals surface area contributed by atoms with Crippen LogP contribution in [-0.2, 0) is 14.6 Å². The minimum atomic E-state index is -2.97. The van der Waals surface area contributed by atoms with Gasteiger partial charge in [-0.05, 0) is 26.2 Å². The van der Waals surface area contributed by atoms with Crippen molar-refractivity contribution in [3.8, 4) is 0 Å². The van der Waals surface area contributed by atoms with E-state index in [0.717, 1.165) is 25.7 Å². The minimum absolute atomic E-state index is 0.0356. The van der Waals surface area contributed by atoms with Gasteiger partial charge in [0.2, 0.25) is 0 Å². The lowest BCUT2D eigenvalue weighted by molar-refractivity contribution is 0.152. The zero-order valence-corrected chi connectivity index (χ0v) is 14.4. The molecule has 3 N–H and O–H groups in total. The van der Waals surface area contributed by atoms with E-state index in [9.17, 15) is 18.0 Å². The summed E-state index contributed by atoms with van der Waals surface area (Å²) in [4.78, 5) is 22.6. The van der Waals surface area contributed by atoms with Gasteiger partial charge in [-0.15, -0.1) is 0 Å². The van der Waals surface area contributed by atoms with Gasteiger partial charge in [0.1, 0.15) is 0 Å². The second-order valence-corrected chi connectivity index (χ2v) is 7.79. The van der Waals surface area contributed by atoms with Crippen molar-refractivity contribution in [2.24, 2.45) is 0 Å². The van der Waals surface area contributed by atoms with Crippen molar-refractivity contribution in [1.82, 2.24) is 16.0 Å². The number of sulfone groups is 1. The maximum absolute atomic E-state index is 11.6. The van der Waals surface area contributed by atoms with Gasteiger partial charge in [-0.3, -0.25) is 0 Å². The van der Waals surface area contributed by atoms with Crippen molar-refractivity contribution in [3.63, 3.8) is 0 Å². The lowest BCUT2D eigenvalue weighted by Gasteiger charge is -2.12. The van der Waals surface area contributed by atoms with E-state index in [1.807, 2.05) is 0 Å². The summed E-state index contributed by atoms with van der Waals surface area (Å²) in [5.41, 5.74) is 0. The van der Waals surface area contributed by atoms with Gasteiger partial charge in [0, 0.05) is 19.1 Å². The number of nitrogens with one attached hydrogen (secondary N) is 3. The number of unbranched alkanes of at least 4 members (excludes halogenated alkanes) is 3. The molecule has 0 saturated carbocycles. The van der Waals surface area contributed by atoms with Crippen LogP contribution in [0.15, 0.2) is 0 Å². The van der Waals surface area contributed by atoms with Gasteiger partial charge in [0.05, 0.1) is 18.1 Å². The molecule has 0 radical (unpaired) electrons. The monoisotopic (exact) mass is 349 g/mol. The van der Waals surface area contributed by atoms with Gasteiger partial charge in [-0.1, -0.05) is 12.8 Å². The van der Waals surface area contributed by atoms with E-state index in [-0.39, 0.29) is 29.7 Å². The predicted octanol–water partition coefficient (Wildman–Crippen LogP) is 0.779. The third kappa shape index (κ3) is 9.27. The van der Waals surface area contributed by atoms with Crippen LogP contribution in [0.1, 0.15) is 39.0 Å². The molecule has 0 aliphatic carbocycles. The summed E-state index contributed by atoms with van der Waals surface area (Å²) in [6.45, 7) is 3.26. The van der Waals surface area contributed by atoms with Gasteiger partial charge < -0.3 is 20.7 Å². The van der Waals surface area contributed by atoms with Gasteiger partial charge >= 0.3 is 12.1 Å².